The summed E-state index contributed by atoms with van der Waals surface area (Å²) in [4.78, 5) is 0. The lowest BCUT2D eigenvalue weighted by Gasteiger charge is -2.27. The molecule has 1 aliphatic rings. The fraction of sp³-hybridized carbons (Fsp3) is 0.600. The van der Waals surface area contributed by atoms with Gasteiger partial charge in [0.05, 0.1) is 0 Å². The topological polar surface area (TPSA) is 12.0 Å². The maximum absolute atomic E-state index is 6.13. The van der Waals surface area contributed by atoms with E-state index in [2.05, 4.69) is 30.4 Å². The summed E-state index contributed by atoms with van der Waals surface area (Å²) in [6.45, 7) is 5.34. The number of hydrogen-bond donors (Lipinski definition) is 1. The molecule has 1 fully saturated rings. The molecule has 2 heteroatoms. The highest BCUT2D eigenvalue weighted by molar-refractivity contribution is 6.31. The van der Waals surface area contributed by atoms with Crippen LogP contribution in [0.2, 0.25) is 5.02 Å². The first-order chi connectivity index (χ1) is 8.15. The number of benzene rings is 1. The Bertz CT molecular complexity index is 367. The van der Waals surface area contributed by atoms with Crippen LogP contribution < -0.4 is 5.32 Å². The lowest BCUT2D eigenvalue weighted by atomic mass is 9.87. The van der Waals surface area contributed by atoms with Crippen LogP contribution in [0.1, 0.15) is 43.7 Å². The highest BCUT2D eigenvalue weighted by Gasteiger charge is 2.17. The van der Waals surface area contributed by atoms with Gasteiger partial charge in [0.25, 0.3) is 0 Å². The summed E-state index contributed by atoms with van der Waals surface area (Å²) in [5, 5.41) is 4.52. The third-order valence-electron chi connectivity index (χ3n) is 3.85. The zero-order chi connectivity index (χ0) is 12.3. The van der Waals surface area contributed by atoms with Gasteiger partial charge in [-0.3, -0.25) is 0 Å². The molecule has 0 aromatic heterocycles. The zero-order valence-electron chi connectivity index (χ0n) is 10.8. The van der Waals surface area contributed by atoms with E-state index in [1.807, 2.05) is 6.92 Å². The molecule has 1 aromatic carbocycles. The van der Waals surface area contributed by atoms with Crippen molar-refractivity contribution >= 4 is 11.6 Å². The van der Waals surface area contributed by atoms with Crippen LogP contribution in [0.3, 0.4) is 0 Å². The van der Waals surface area contributed by atoms with E-state index >= 15 is 0 Å². The minimum atomic E-state index is 0.700. The molecule has 1 saturated carbocycles. The van der Waals surface area contributed by atoms with Crippen molar-refractivity contribution in [2.24, 2.45) is 5.92 Å². The average Bonchev–Trinajstić information content (AvgIpc) is 2.33. The molecular formula is C15H22ClN. The van der Waals surface area contributed by atoms with E-state index in [0.717, 1.165) is 23.0 Å². The average molecular weight is 252 g/mol. The van der Waals surface area contributed by atoms with Gasteiger partial charge in [0.15, 0.2) is 0 Å². The molecule has 1 nitrogen and oxygen atoms in total. The maximum atomic E-state index is 6.13. The Kier molecular flexibility index (Phi) is 4.47. The standard InChI is InChI=1S/C15H22ClN/c1-11-3-7-14(8-4-11)17-10-13-6-5-12(2)15(16)9-13/h5-6,9,11,14,17H,3-4,7-8,10H2,1-2H3. The van der Waals surface area contributed by atoms with Gasteiger partial charge >= 0.3 is 0 Å². The smallest absolute Gasteiger partial charge is 0.0438 e. The van der Waals surface area contributed by atoms with E-state index < -0.39 is 0 Å². The number of halogens is 1. The quantitative estimate of drug-likeness (QED) is 0.844. The summed E-state index contributed by atoms with van der Waals surface area (Å²) in [5.74, 6) is 0.918. The Balaban J connectivity index is 1.83. The molecule has 0 saturated heterocycles. The molecule has 1 N–H and O–H groups in total. The summed E-state index contributed by atoms with van der Waals surface area (Å²) < 4.78 is 0. The molecule has 0 heterocycles. The van der Waals surface area contributed by atoms with Crippen molar-refractivity contribution in [3.63, 3.8) is 0 Å². The summed E-state index contributed by atoms with van der Waals surface area (Å²) in [6.07, 6.45) is 5.38. The Morgan fingerprint density at radius 3 is 2.59 bits per heavy atom. The minimum absolute atomic E-state index is 0.700. The SMILES string of the molecule is Cc1ccc(CNC2CCC(C)CC2)cc1Cl. The second-order valence-electron chi connectivity index (χ2n) is 5.42. The largest absolute Gasteiger partial charge is 0.310 e. The Labute approximate surface area is 110 Å². The van der Waals surface area contributed by atoms with Gasteiger partial charge in [0.1, 0.15) is 0 Å². The van der Waals surface area contributed by atoms with Crippen molar-refractivity contribution in [2.45, 2.75) is 52.1 Å². The van der Waals surface area contributed by atoms with E-state index in [1.165, 1.54) is 31.2 Å². The van der Waals surface area contributed by atoms with Crippen molar-refractivity contribution in [1.29, 1.82) is 0 Å². The Morgan fingerprint density at radius 1 is 1.24 bits per heavy atom. The van der Waals surface area contributed by atoms with Crippen LogP contribution in [0.4, 0.5) is 0 Å². The van der Waals surface area contributed by atoms with Gasteiger partial charge in [-0.25, -0.2) is 0 Å². The number of aryl methyl sites for hydroxylation is 1. The highest BCUT2D eigenvalue weighted by atomic mass is 35.5. The first kappa shape index (κ1) is 12.9. The van der Waals surface area contributed by atoms with Gasteiger partial charge in [0.2, 0.25) is 0 Å². The minimum Gasteiger partial charge on any atom is -0.310 e. The first-order valence-electron chi connectivity index (χ1n) is 6.63. The van der Waals surface area contributed by atoms with Crippen molar-refractivity contribution < 1.29 is 0 Å². The van der Waals surface area contributed by atoms with Gasteiger partial charge in [-0.2, -0.15) is 0 Å². The van der Waals surface area contributed by atoms with Gasteiger partial charge in [0, 0.05) is 17.6 Å². The summed E-state index contributed by atoms with van der Waals surface area (Å²) in [7, 11) is 0. The van der Waals surface area contributed by atoms with Crippen LogP contribution in [0.5, 0.6) is 0 Å². The van der Waals surface area contributed by atoms with Crippen molar-refractivity contribution in [3.05, 3.63) is 34.3 Å². The molecule has 1 aromatic rings. The Hall–Kier alpha value is -0.530. The van der Waals surface area contributed by atoms with E-state index in [9.17, 15) is 0 Å². The van der Waals surface area contributed by atoms with E-state index in [0.29, 0.717) is 6.04 Å². The number of nitrogens with one attached hydrogen (secondary N) is 1. The van der Waals surface area contributed by atoms with Crippen molar-refractivity contribution in [1.82, 2.24) is 5.32 Å². The first-order valence-corrected chi connectivity index (χ1v) is 7.01. The van der Waals surface area contributed by atoms with Gasteiger partial charge < -0.3 is 5.32 Å². The van der Waals surface area contributed by atoms with E-state index in [1.54, 1.807) is 0 Å². The predicted octanol–water partition coefficient (Wildman–Crippen LogP) is 4.32. The van der Waals surface area contributed by atoms with Crippen LogP contribution >= 0.6 is 11.6 Å². The second kappa shape index (κ2) is 5.88. The molecular weight excluding hydrogens is 230 g/mol. The molecule has 1 aliphatic carbocycles. The van der Waals surface area contributed by atoms with Crippen LogP contribution in [0, 0.1) is 12.8 Å². The lowest BCUT2D eigenvalue weighted by Crippen LogP contribution is -2.32. The maximum Gasteiger partial charge on any atom is 0.0438 e. The highest BCUT2D eigenvalue weighted by Crippen LogP contribution is 2.24. The number of rotatable bonds is 3. The molecule has 2 rings (SSSR count). The third-order valence-corrected chi connectivity index (χ3v) is 4.25. The molecule has 94 valence electrons. The summed E-state index contributed by atoms with van der Waals surface area (Å²) in [5.41, 5.74) is 2.45. The van der Waals surface area contributed by atoms with Crippen LogP contribution in [-0.2, 0) is 6.54 Å². The Morgan fingerprint density at radius 2 is 1.94 bits per heavy atom. The molecule has 17 heavy (non-hydrogen) atoms. The summed E-state index contributed by atoms with van der Waals surface area (Å²) in [6, 6.07) is 7.04. The fourth-order valence-electron chi connectivity index (χ4n) is 2.47. The molecule has 0 bridgehead atoms. The second-order valence-corrected chi connectivity index (χ2v) is 5.83. The molecule has 0 radical (unpaired) electrons. The summed E-state index contributed by atoms with van der Waals surface area (Å²) >= 11 is 6.13. The van der Waals surface area contributed by atoms with Gasteiger partial charge in [-0.05, 0) is 55.7 Å². The normalized spacial score (nSPS) is 24.9. The molecule has 0 atom stereocenters. The molecule has 0 unspecified atom stereocenters. The van der Waals surface area contributed by atoms with Crippen LogP contribution in [-0.4, -0.2) is 6.04 Å². The third kappa shape index (κ3) is 3.72. The monoisotopic (exact) mass is 251 g/mol. The fourth-order valence-corrected chi connectivity index (χ4v) is 2.68. The van der Waals surface area contributed by atoms with Crippen molar-refractivity contribution in [3.8, 4) is 0 Å². The van der Waals surface area contributed by atoms with E-state index in [4.69, 9.17) is 11.6 Å². The van der Waals surface area contributed by atoms with Gasteiger partial charge in [-0.1, -0.05) is 30.7 Å². The lowest BCUT2D eigenvalue weighted by molar-refractivity contribution is 0.306. The van der Waals surface area contributed by atoms with Crippen LogP contribution in [0.25, 0.3) is 0 Å². The molecule has 0 aliphatic heterocycles. The van der Waals surface area contributed by atoms with E-state index in [-0.39, 0.29) is 0 Å². The molecule has 0 amide bonds. The van der Waals surface area contributed by atoms with Crippen LogP contribution in [0.15, 0.2) is 18.2 Å². The zero-order valence-corrected chi connectivity index (χ0v) is 11.6. The molecule has 0 spiro atoms. The van der Waals surface area contributed by atoms with Gasteiger partial charge in [-0.15, -0.1) is 0 Å². The van der Waals surface area contributed by atoms with Crippen molar-refractivity contribution in [2.75, 3.05) is 0 Å². The predicted molar refractivity (Wildman–Crippen MR) is 74.4 cm³/mol. The number of hydrogen-bond acceptors (Lipinski definition) is 1.